The van der Waals surface area contributed by atoms with E-state index in [1.807, 2.05) is 0 Å². The molecule has 204 valence electrons. The Morgan fingerprint density at radius 1 is 0.632 bits per heavy atom. The van der Waals surface area contributed by atoms with Crippen LogP contribution in [0.2, 0.25) is 0 Å². The minimum Gasteiger partial charge on any atom is -0.481 e. The Morgan fingerprint density at radius 3 is 1.29 bits per heavy atom. The predicted octanol–water partition coefficient (Wildman–Crippen LogP) is 4.89. The van der Waals surface area contributed by atoms with E-state index in [9.17, 15) is 39.0 Å². The first kappa shape index (κ1) is 30.5. The Labute approximate surface area is 222 Å². The number of allylic oxidation sites excluding steroid dienone is 10. The lowest BCUT2D eigenvalue weighted by Gasteiger charge is -2.19. The Hall–Kier alpha value is -3.68. The molecule has 0 aromatic carbocycles. The zero-order chi connectivity index (χ0) is 28.7. The molecule has 0 fully saturated rings. The molecule has 0 heterocycles. The highest BCUT2D eigenvalue weighted by atomic mass is 16.4. The molecule has 0 amide bonds. The second-order valence-corrected chi connectivity index (χ2v) is 11.1. The van der Waals surface area contributed by atoms with Crippen LogP contribution in [0.1, 0.15) is 79.1 Å². The number of aliphatic carboxylic acids is 2. The number of carbonyl (C=O) groups is 6. The highest BCUT2D eigenvalue weighted by Crippen LogP contribution is 2.28. The summed E-state index contributed by atoms with van der Waals surface area (Å²) in [6.07, 6.45) is 11.5. The van der Waals surface area contributed by atoms with Crippen molar-refractivity contribution in [3.63, 3.8) is 0 Å². The molecular weight excluding hydrogens is 488 g/mol. The Morgan fingerprint density at radius 2 is 0.974 bits per heavy atom. The first-order valence-electron chi connectivity index (χ1n) is 12.8. The maximum absolute atomic E-state index is 12.9. The van der Waals surface area contributed by atoms with Gasteiger partial charge in [0.1, 0.15) is 0 Å². The van der Waals surface area contributed by atoms with Gasteiger partial charge in [-0.25, -0.2) is 0 Å². The molecule has 2 N–H and O–H groups in total. The zero-order valence-corrected chi connectivity index (χ0v) is 22.5. The molecule has 8 heteroatoms. The third kappa shape index (κ3) is 8.43. The third-order valence-electron chi connectivity index (χ3n) is 6.93. The zero-order valence-electron chi connectivity index (χ0n) is 22.5. The molecule has 2 aliphatic carbocycles. The largest absolute Gasteiger partial charge is 0.481 e. The van der Waals surface area contributed by atoms with Gasteiger partial charge in [0, 0.05) is 22.3 Å². The summed E-state index contributed by atoms with van der Waals surface area (Å²) >= 11 is 0. The fourth-order valence-electron chi connectivity index (χ4n) is 4.14. The Bertz CT molecular complexity index is 1090. The standard InChI is InChI=1S/C30H36O8/c1-29(2,27(35)36)13-7-5-9-19-15-23(31)17-21(25(19)33)11-12-22-18-24(32)16-20(26(22)34)10-6-8-14-30(3,4)28(37)38/h11-12,15-18H,5-10,13-14H2,1-4H3,(H,35,36)(H,37,38)/b12-11+. The van der Waals surface area contributed by atoms with Crippen molar-refractivity contribution in [3.8, 4) is 0 Å². The van der Waals surface area contributed by atoms with Gasteiger partial charge < -0.3 is 10.2 Å². The van der Waals surface area contributed by atoms with Crippen LogP contribution in [0.3, 0.4) is 0 Å². The van der Waals surface area contributed by atoms with E-state index >= 15 is 0 Å². The molecule has 2 rings (SSSR count). The SMILES string of the molecule is CC(C)(CCCCC1=CC(=O)C=C(/C=C/C2=CC(=O)C=C(CCCCC(C)(C)C(=O)O)C2=O)C1=O)C(=O)O. The molecule has 0 aromatic heterocycles. The van der Waals surface area contributed by atoms with Crippen molar-refractivity contribution < 1.29 is 39.0 Å². The van der Waals surface area contributed by atoms with Crippen LogP contribution in [0.5, 0.6) is 0 Å². The van der Waals surface area contributed by atoms with Crippen molar-refractivity contribution in [2.45, 2.75) is 79.1 Å². The number of carbonyl (C=O) groups excluding carboxylic acids is 4. The summed E-state index contributed by atoms with van der Waals surface area (Å²) in [5.74, 6) is -3.16. The third-order valence-corrected chi connectivity index (χ3v) is 6.93. The fraction of sp³-hybridized carbons (Fsp3) is 0.467. The number of carboxylic acids is 2. The molecule has 38 heavy (non-hydrogen) atoms. The molecule has 0 aliphatic heterocycles. The summed E-state index contributed by atoms with van der Waals surface area (Å²) in [4.78, 5) is 72.7. The molecule has 0 aromatic rings. The van der Waals surface area contributed by atoms with Crippen molar-refractivity contribution in [2.75, 3.05) is 0 Å². The van der Waals surface area contributed by atoms with Gasteiger partial charge in [-0.3, -0.25) is 28.8 Å². The lowest BCUT2D eigenvalue weighted by atomic mass is 9.85. The average Bonchev–Trinajstić information content (AvgIpc) is 2.82. The molecular formula is C30H36O8. The highest BCUT2D eigenvalue weighted by Gasteiger charge is 2.28. The van der Waals surface area contributed by atoms with Crippen LogP contribution in [0.15, 0.2) is 58.7 Å². The van der Waals surface area contributed by atoms with Crippen LogP contribution < -0.4 is 0 Å². The van der Waals surface area contributed by atoms with E-state index < -0.39 is 22.8 Å². The van der Waals surface area contributed by atoms with E-state index in [2.05, 4.69) is 0 Å². The molecule has 0 bridgehead atoms. The van der Waals surface area contributed by atoms with Crippen LogP contribution in [0.25, 0.3) is 0 Å². The van der Waals surface area contributed by atoms with Gasteiger partial charge in [0.15, 0.2) is 23.1 Å². The van der Waals surface area contributed by atoms with Crippen molar-refractivity contribution in [3.05, 3.63) is 58.7 Å². The molecule has 2 aliphatic rings. The van der Waals surface area contributed by atoms with Crippen molar-refractivity contribution in [1.29, 1.82) is 0 Å². The van der Waals surface area contributed by atoms with Crippen molar-refractivity contribution in [1.82, 2.24) is 0 Å². The van der Waals surface area contributed by atoms with Gasteiger partial charge in [0.25, 0.3) is 0 Å². The average molecular weight is 525 g/mol. The fourth-order valence-corrected chi connectivity index (χ4v) is 4.14. The minimum atomic E-state index is -0.888. The van der Waals surface area contributed by atoms with Crippen molar-refractivity contribution in [2.24, 2.45) is 10.8 Å². The maximum Gasteiger partial charge on any atom is 0.309 e. The summed E-state index contributed by atoms with van der Waals surface area (Å²) in [6, 6.07) is 0. The smallest absolute Gasteiger partial charge is 0.309 e. The number of carboxylic acid groups (broad SMARTS) is 2. The van der Waals surface area contributed by atoms with Gasteiger partial charge in [0.2, 0.25) is 0 Å². The van der Waals surface area contributed by atoms with Gasteiger partial charge in [0.05, 0.1) is 10.8 Å². The Kier molecular flexibility index (Phi) is 10.2. The van der Waals surface area contributed by atoms with E-state index in [0.29, 0.717) is 62.5 Å². The van der Waals surface area contributed by atoms with E-state index in [-0.39, 0.29) is 34.3 Å². The number of ketones is 4. The minimum absolute atomic E-state index is 0.117. The molecule has 0 saturated heterocycles. The highest BCUT2D eigenvalue weighted by molar-refractivity contribution is 6.23. The summed E-state index contributed by atoms with van der Waals surface area (Å²) in [5, 5.41) is 18.4. The monoisotopic (exact) mass is 524 g/mol. The number of rotatable bonds is 14. The van der Waals surface area contributed by atoms with Crippen LogP contribution in [-0.4, -0.2) is 45.3 Å². The summed E-state index contributed by atoms with van der Waals surface area (Å²) in [6.45, 7) is 6.56. The molecule has 0 radical (unpaired) electrons. The van der Waals surface area contributed by atoms with Crippen LogP contribution in [0.4, 0.5) is 0 Å². The van der Waals surface area contributed by atoms with E-state index in [4.69, 9.17) is 0 Å². The second-order valence-electron chi connectivity index (χ2n) is 11.1. The number of hydrogen-bond acceptors (Lipinski definition) is 6. The number of hydrogen-bond donors (Lipinski definition) is 2. The molecule has 0 unspecified atom stereocenters. The summed E-state index contributed by atoms with van der Waals surface area (Å²) in [5.41, 5.74) is -0.841. The number of unbranched alkanes of at least 4 members (excludes halogenated alkanes) is 2. The van der Waals surface area contributed by atoms with Gasteiger partial charge in [-0.15, -0.1) is 0 Å². The lowest BCUT2D eigenvalue weighted by Crippen LogP contribution is -2.23. The normalized spacial score (nSPS) is 16.8. The molecule has 0 saturated carbocycles. The van der Waals surface area contributed by atoms with Crippen LogP contribution >= 0.6 is 0 Å². The summed E-state index contributed by atoms with van der Waals surface area (Å²) < 4.78 is 0. The lowest BCUT2D eigenvalue weighted by molar-refractivity contribution is -0.148. The van der Waals surface area contributed by atoms with Crippen molar-refractivity contribution >= 4 is 35.1 Å². The summed E-state index contributed by atoms with van der Waals surface area (Å²) in [7, 11) is 0. The second kappa shape index (κ2) is 12.7. The topological polar surface area (TPSA) is 143 Å². The quantitative estimate of drug-likeness (QED) is 0.241. The first-order valence-corrected chi connectivity index (χ1v) is 12.8. The van der Waals surface area contributed by atoms with Gasteiger partial charge >= 0.3 is 11.9 Å². The van der Waals surface area contributed by atoms with Gasteiger partial charge in [-0.1, -0.05) is 25.0 Å². The van der Waals surface area contributed by atoms with Crippen LogP contribution in [-0.2, 0) is 28.8 Å². The Balaban J connectivity index is 1.97. The maximum atomic E-state index is 12.9. The van der Waals surface area contributed by atoms with Gasteiger partial charge in [-0.2, -0.15) is 0 Å². The molecule has 0 spiro atoms. The van der Waals surface area contributed by atoms with E-state index in [1.165, 1.54) is 36.5 Å². The van der Waals surface area contributed by atoms with Crippen LogP contribution in [0, 0.1) is 10.8 Å². The first-order chi connectivity index (χ1) is 17.6. The van der Waals surface area contributed by atoms with Gasteiger partial charge in [-0.05, 0) is 90.5 Å². The molecule has 0 atom stereocenters. The van der Waals surface area contributed by atoms with E-state index in [0.717, 1.165) is 0 Å². The number of Topliss-reactive ketones (excluding diaryl/α,β-unsaturated/α-hetero) is 2. The molecule has 8 nitrogen and oxygen atoms in total. The van der Waals surface area contributed by atoms with E-state index in [1.54, 1.807) is 27.7 Å². The predicted molar refractivity (Wildman–Crippen MR) is 141 cm³/mol.